The molecule has 0 atom stereocenters. The van der Waals surface area contributed by atoms with E-state index in [2.05, 4.69) is 9.47 Å². The average Bonchev–Trinajstić information content (AvgIpc) is 1.85. The summed E-state index contributed by atoms with van der Waals surface area (Å²) in [7, 11) is 0. The lowest BCUT2D eigenvalue weighted by molar-refractivity contribution is -0.157. The van der Waals surface area contributed by atoms with Crippen LogP contribution in [0.15, 0.2) is 0 Å². The highest BCUT2D eigenvalue weighted by atomic mass is 16.6. The number of carbonyl (C=O) groups is 2. The molecule has 0 amide bonds. The Hall–Kier alpha value is -1.06. The van der Waals surface area contributed by atoms with Gasteiger partial charge in [-0.15, -0.1) is 0 Å². The number of hydrogen-bond donors (Lipinski definition) is 0. The molecule has 4 nitrogen and oxygen atoms in total. The molecule has 0 N–H and O–H groups in total. The van der Waals surface area contributed by atoms with Gasteiger partial charge in [-0.1, -0.05) is 7.43 Å². The summed E-state index contributed by atoms with van der Waals surface area (Å²) in [5.74, 6) is -0.995. The number of rotatable bonds is 3. The lowest BCUT2D eigenvalue weighted by Crippen LogP contribution is -2.14. The minimum absolute atomic E-state index is 0. The van der Waals surface area contributed by atoms with Crippen molar-refractivity contribution in [1.82, 2.24) is 0 Å². The zero-order chi connectivity index (χ0) is 7.98. The Labute approximate surface area is 66.5 Å². The van der Waals surface area contributed by atoms with Crippen molar-refractivity contribution >= 4 is 11.9 Å². The van der Waals surface area contributed by atoms with Gasteiger partial charge < -0.3 is 9.47 Å². The lowest BCUT2D eigenvalue weighted by atomic mass is 10.7. The molecule has 0 spiro atoms. The van der Waals surface area contributed by atoms with E-state index >= 15 is 0 Å². The van der Waals surface area contributed by atoms with Crippen LogP contribution < -0.4 is 0 Å². The van der Waals surface area contributed by atoms with E-state index in [1.54, 1.807) is 6.92 Å². The Morgan fingerprint density at radius 1 is 1.27 bits per heavy atom. The molecule has 0 saturated carbocycles. The van der Waals surface area contributed by atoms with Crippen molar-refractivity contribution in [2.45, 2.75) is 21.3 Å². The zero-order valence-electron chi connectivity index (χ0n) is 6.05. The van der Waals surface area contributed by atoms with Crippen LogP contribution in [0.2, 0.25) is 0 Å². The van der Waals surface area contributed by atoms with E-state index < -0.39 is 11.9 Å². The third-order valence-corrected chi connectivity index (χ3v) is 0.699. The third-order valence-electron chi connectivity index (χ3n) is 0.699. The van der Waals surface area contributed by atoms with Gasteiger partial charge in [-0.3, -0.25) is 4.79 Å². The Morgan fingerprint density at radius 3 is 2.18 bits per heavy atom. The quantitative estimate of drug-likeness (QED) is 0.574. The van der Waals surface area contributed by atoms with Crippen LogP contribution in [0.4, 0.5) is 0 Å². The van der Waals surface area contributed by atoms with Crippen molar-refractivity contribution in [3.8, 4) is 0 Å². The van der Waals surface area contributed by atoms with Crippen molar-refractivity contribution in [3.63, 3.8) is 0 Å². The topological polar surface area (TPSA) is 52.6 Å². The fourth-order valence-electron chi connectivity index (χ4n) is 0.363. The van der Waals surface area contributed by atoms with Crippen molar-refractivity contribution in [1.29, 1.82) is 0 Å². The monoisotopic (exact) mass is 162 g/mol. The molecule has 0 heterocycles. The summed E-state index contributed by atoms with van der Waals surface area (Å²) in [5, 5.41) is 0. The summed E-state index contributed by atoms with van der Waals surface area (Å²) >= 11 is 0. The molecular weight excluding hydrogens is 148 g/mol. The van der Waals surface area contributed by atoms with Gasteiger partial charge in [0.2, 0.25) is 0 Å². The minimum Gasteiger partial charge on any atom is -0.463 e. The van der Waals surface area contributed by atoms with Gasteiger partial charge in [0, 0.05) is 6.92 Å². The Morgan fingerprint density at radius 2 is 1.82 bits per heavy atom. The predicted molar refractivity (Wildman–Crippen MR) is 40.0 cm³/mol. The molecule has 0 aliphatic carbocycles. The van der Waals surface area contributed by atoms with Crippen LogP contribution >= 0.6 is 0 Å². The molecule has 0 saturated heterocycles. The van der Waals surface area contributed by atoms with E-state index in [9.17, 15) is 9.59 Å². The van der Waals surface area contributed by atoms with E-state index in [-0.39, 0.29) is 14.0 Å². The number of carbonyl (C=O) groups excluding carboxylic acids is 2. The summed E-state index contributed by atoms with van der Waals surface area (Å²) < 4.78 is 8.82. The smallest absolute Gasteiger partial charge is 0.344 e. The van der Waals surface area contributed by atoms with Crippen LogP contribution in [0.1, 0.15) is 21.3 Å². The Balaban J connectivity index is 0. The van der Waals surface area contributed by atoms with Crippen LogP contribution in [0.5, 0.6) is 0 Å². The second kappa shape index (κ2) is 7.05. The summed E-state index contributed by atoms with van der Waals surface area (Å²) in [6, 6.07) is 0. The zero-order valence-corrected chi connectivity index (χ0v) is 6.05. The van der Waals surface area contributed by atoms with Gasteiger partial charge in [0.25, 0.3) is 0 Å². The van der Waals surface area contributed by atoms with E-state index in [4.69, 9.17) is 0 Å². The molecule has 0 unspecified atom stereocenters. The number of hydrogen-bond acceptors (Lipinski definition) is 4. The maximum absolute atomic E-state index is 10.4. The molecule has 0 rings (SSSR count). The normalized spacial score (nSPS) is 7.82. The summed E-state index contributed by atoms with van der Waals surface area (Å²) in [6.07, 6.45) is 0. The molecular formula is C7H14O4. The lowest BCUT2D eigenvalue weighted by Gasteiger charge is -2.00. The van der Waals surface area contributed by atoms with E-state index in [1.807, 2.05) is 0 Å². The van der Waals surface area contributed by atoms with Gasteiger partial charge in [0.15, 0.2) is 6.61 Å². The van der Waals surface area contributed by atoms with Gasteiger partial charge in [-0.05, 0) is 6.92 Å². The molecule has 0 fully saturated rings. The number of ether oxygens (including phenoxy) is 2. The molecule has 0 bridgehead atoms. The fourth-order valence-corrected chi connectivity index (χ4v) is 0.363. The highest BCUT2D eigenvalue weighted by Crippen LogP contribution is 1.81. The molecule has 0 aromatic heterocycles. The van der Waals surface area contributed by atoms with Crippen molar-refractivity contribution < 1.29 is 19.1 Å². The molecule has 0 radical (unpaired) electrons. The van der Waals surface area contributed by atoms with Crippen LogP contribution in [0, 0.1) is 0 Å². The maximum atomic E-state index is 10.4. The molecule has 0 aromatic rings. The summed E-state index contributed by atoms with van der Waals surface area (Å²) in [6.45, 7) is 2.94. The molecule has 4 heteroatoms. The predicted octanol–water partition coefficient (Wildman–Crippen LogP) is 0.749. The number of esters is 2. The average molecular weight is 162 g/mol. The molecule has 0 aromatic carbocycles. The highest BCUT2D eigenvalue weighted by Gasteiger charge is 2.02. The standard InChI is InChI=1S/C6H10O4.CH4/c1-3-9-6(8)4-10-5(2)7;/h3-4H2,1-2H3;1H4. The first-order valence-electron chi connectivity index (χ1n) is 2.95. The van der Waals surface area contributed by atoms with Gasteiger partial charge in [-0.2, -0.15) is 0 Å². The largest absolute Gasteiger partial charge is 0.463 e. The summed E-state index contributed by atoms with van der Waals surface area (Å²) in [5.41, 5.74) is 0. The first-order valence-corrected chi connectivity index (χ1v) is 2.95. The second-order valence-electron chi connectivity index (χ2n) is 1.59. The summed E-state index contributed by atoms with van der Waals surface area (Å²) in [4.78, 5) is 20.6. The van der Waals surface area contributed by atoms with Gasteiger partial charge >= 0.3 is 11.9 Å². The van der Waals surface area contributed by atoms with Crippen LogP contribution in [0.25, 0.3) is 0 Å². The first kappa shape index (κ1) is 12.6. The SMILES string of the molecule is C.CCOC(=O)COC(C)=O. The Bertz CT molecular complexity index is 130. The van der Waals surface area contributed by atoms with Crippen LogP contribution in [0.3, 0.4) is 0 Å². The molecule has 66 valence electrons. The molecule has 0 aliphatic rings. The second-order valence-corrected chi connectivity index (χ2v) is 1.59. The van der Waals surface area contributed by atoms with Crippen molar-refractivity contribution in [2.24, 2.45) is 0 Å². The van der Waals surface area contributed by atoms with E-state index in [1.165, 1.54) is 6.92 Å². The fraction of sp³-hybridized carbons (Fsp3) is 0.714. The van der Waals surface area contributed by atoms with Crippen LogP contribution in [-0.2, 0) is 19.1 Å². The third kappa shape index (κ3) is 8.94. The molecule has 0 aliphatic heterocycles. The maximum Gasteiger partial charge on any atom is 0.344 e. The van der Waals surface area contributed by atoms with Gasteiger partial charge in [0.05, 0.1) is 6.61 Å². The van der Waals surface area contributed by atoms with Crippen LogP contribution in [-0.4, -0.2) is 25.2 Å². The van der Waals surface area contributed by atoms with Gasteiger partial charge in [-0.25, -0.2) is 4.79 Å². The minimum atomic E-state index is -0.516. The Kier molecular flexibility index (Phi) is 8.08. The first-order chi connectivity index (χ1) is 4.66. The van der Waals surface area contributed by atoms with Crippen molar-refractivity contribution in [3.05, 3.63) is 0 Å². The highest BCUT2D eigenvalue weighted by molar-refractivity contribution is 5.75. The van der Waals surface area contributed by atoms with E-state index in [0.717, 1.165) is 0 Å². The van der Waals surface area contributed by atoms with Gasteiger partial charge in [0.1, 0.15) is 0 Å². The molecule has 11 heavy (non-hydrogen) atoms. The van der Waals surface area contributed by atoms with Crippen molar-refractivity contribution in [2.75, 3.05) is 13.2 Å². The van der Waals surface area contributed by atoms with E-state index in [0.29, 0.717) is 6.61 Å².